The standard InChI is InChI=1S/C34H38O6/c35-31(25-37-21-27-13-5-1-6-14-27)34(40-24-30-19-11-4-12-20-30)33(36)32(39-23-29-17-9-3-10-18-29)26-38-22-28-15-7-2-8-16-28/h1-20,31-36H,21-26H2/t31-,32-,33-,34-/m1/s1. The highest BCUT2D eigenvalue weighted by atomic mass is 16.6. The summed E-state index contributed by atoms with van der Waals surface area (Å²) in [6, 6.07) is 39.0. The Kier molecular flexibility index (Phi) is 12.3. The molecule has 4 aromatic carbocycles. The lowest BCUT2D eigenvalue weighted by Crippen LogP contribution is -2.50. The average Bonchev–Trinajstić information content (AvgIpc) is 3.01. The maximum atomic E-state index is 11.6. The summed E-state index contributed by atoms with van der Waals surface area (Å²) in [6.07, 6.45) is -4.01. The minimum absolute atomic E-state index is 0.0122. The summed E-state index contributed by atoms with van der Waals surface area (Å²) >= 11 is 0. The number of aliphatic hydroxyl groups is 2. The van der Waals surface area contributed by atoms with Crippen LogP contribution in [-0.4, -0.2) is 47.8 Å². The molecule has 0 aromatic heterocycles. The van der Waals surface area contributed by atoms with Crippen molar-refractivity contribution in [1.82, 2.24) is 0 Å². The molecular weight excluding hydrogens is 504 g/mol. The molecule has 4 aromatic rings. The Morgan fingerprint density at radius 3 is 1.27 bits per heavy atom. The van der Waals surface area contributed by atoms with Crippen molar-refractivity contribution in [3.8, 4) is 0 Å². The molecule has 0 aliphatic carbocycles. The van der Waals surface area contributed by atoms with Crippen LogP contribution in [0.1, 0.15) is 22.3 Å². The van der Waals surface area contributed by atoms with Gasteiger partial charge in [0.05, 0.1) is 39.6 Å². The van der Waals surface area contributed by atoms with Crippen LogP contribution in [0.5, 0.6) is 0 Å². The lowest BCUT2D eigenvalue weighted by Gasteiger charge is -2.33. The number of rotatable bonds is 17. The zero-order valence-corrected chi connectivity index (χ0v) is 22.6. The van der Waals surface area contributed by atoms with Gasteiger partial charge in [-0.2, -0.15) is 0 Å². The summed E-state index contributed by atoms with van der Waals surface area (Å²) < 4.78 is 24.1. The van der Waals surface area contributed by atoms with Crippen LogP contribution < -0.4 is 0 Å². The highest BCUT2D eigenvalue weighted by Gasteiger charge is 2.35. The van der Waals surface area contributed by atoms with Crippen LogP contribution in [0.15, 0.2) is 121 Å². The van der Waals surface area contributed by atoms with E-state index in [2.05, 4.69) is 0 Å². The minimum Gasteiger partial charge on any atom is -0.388 e. The van der Waals surface area contributed by atoms with Gasteiger partial charge in [-0.3, -0.25) is 0 Å². The van der Waals surface area contributed by atoms with Gasteiger partial charge in [0.25, 0.3) is 0 Å². The van der Waals surface area contributed by atoms with E-state index in [0.29, 0.717) is 13.2 Å². The van der Waals surface area contributed by atoms with E-state index in [9.17, 15) is 10.2 Å². The molecule has 0 aliphatic rings. The fraction of sp³-hybridized carbons (Fsp3) is 0.294. The third kappa shape index (κ3) is 9.99. The molecule has 0 amide bonds. The highest BCUT2D eigenvalue weighted by molar-refractivity contribution is 5.16. The number of hydrogen-bond acceptors (Lipinski definition) is 6. The fourth-order valence-electron chi connectivity index (χ4n) is 4.27. The smallest absolute Gasteiger partial charge is 0.115 e. The van der Waals surface area contributed by atoms with Crippen LogP contribution in [0.3, 0.4) is 0 Å². The summed E-state index contributed by atoms with van der Waals surface area (Å²) in [7, 11) is 0. The Balaban J connectivity index is 1.44. The Morgan fingerprint density at radius 2 is 0.825 bits per heavy atom. The van der Waals surface area contributed by atoms with Gasteiger partial charge in [-0.15, -0.1) is 0 Å². The molecule has 6 heteroatoms. The predicted molar refractivity (Wildman–Crippen MR) is 154 cm³/mol. The van der Waals surface area contributed by atoms with E-state index in [1.807, 2.05) is 121 Å². The molecule has 4 rings (SSSR count). The molecule has 0 unspecified atom stereocenters. The molecule has 4 atom stereocenters. The largest absolute Gasteiger partial charge is 0.388 e. The van der Waals surface area contributed by atoms with E-state index in [1.165, 1.54) is 0 Å². The lowest BCUT2D eigenvalue weighted by atomic mass is 10.0. The monoisotopic (exact) mass is 542 g/mol. The average molecular weight is 543 g/mol. The second-order valence-corrected chi connectivity index (χ2v) is 9.66. The topological polar surface area (TPSA) is 77.4 Å². The summed E-state index contributed by atoms with van der Waals surface area (Å²) in [5.74, 6) is 0. The predicted octanol–water partition coefficient (Wildman–Crippen LogP) is 5.31. The Bertz CT molecular complexity index is 1190. The first-order chi connectivity index (χ1) is 19.7. The van der Waals surface area contributed by atoms with Crippen LogP contribution in [0.2, 0.25) is 0 Å². The maximum Gasteiger partial charge on any atom is 0.115 e. The van der Waals surface area contributed by atoms with Gasteiger partial charge in [0.15, 0.2) is 0 Å². The van der Waals surface area contributed by atoms with E-state index >= 15 is 0 Å². The Labute approximate surface area is 236 Å². The van der Waals surface area contributed by atoms with E-state index in [1.54, 1.807) is 0 Å². The van der Waals surface area contributed by atoms with Gasteiger partial charge in [-0.25, -0.2) is 0 Å². The summed E-state index contributed by atoms with van der Waals surface area (Å²) in [6.45, 7) is 1.32. The van der Waals surface area contributed by atoms with Crippen LogP contribution in [-0.2, 0) is 45.4 Å². The van der Waals surface area contributed by atoms with Crippen molar-refractivity contribution < 1.29 is 29.2 Å². The molecule has 0 saturated carbocycles. The van der Waals surface area contributed by atoms with Crippen molar-refractivity contribution in [2.75, 3.05) is 13.2 Å². The maximum absolute atomic E-state index is 11.6. The van der Waals surface area contributed by atoms with Gasteiger partial charge in [-0.1, -0.05) is 121 Å². The first-order valence-corrected chi connectivity index (χ1v) is 13.6. The molecule has 0 aliphatic heterocycles. The van der Waals surface area contributed by atoms with E-state index in [0.717, 1.165) is 22.3 Å². The molecular formula is C34H38O6. The molecule has 210 valence electrons. The number of hydrogen-bond donors (Lipinski definition) is 2. The zero-order valence-electron chi connectivity index (χ0n) is 22.6. The van der Waals surface area contributed by atoms with Gasteiger partial charge >= 0.3 is 0 Å². The molecule has 0 saturated heterocycles. The van der Waals surface area contributed by atoms with Gasteiger partial charge < -0.3 is 29.2 Å². The molecule has 2 N–H and O–H groups in total. The SMILES string of the molecule is O[C@@H]([C@H](OCc1ccccc1)[C@H](O)COCc1ccccc1)[C@@H](COCc1ccccc1)OCc1ccccc1. The van der Waals surface area contributed by atoms with E-state index < -0.39 is 24.4 Å². The zero-order chi connectivity index (χ0) is 27.8. The van der Waals surface area contributed by atoms with Crippen molar-refractivity contribution in [2.24, 2.45) is 0 Å². The fourth-order valence-corrected chi connectivity index (χ4v) is 4.27. The molecule has 0 heterocycles. The molecule has 40 heavy (non-hydrogen) atoms. The Morgan fingerprint density at radius 1 is 0.450 bits per heavy atom. The Hall–Kier alpha value is -3.36. The number of ether oxygens (including phenoxy) is 4. The van der Waals surface area contributed by atoms with Crippen LogP contribution in [0, 0.1) is 0 Å². The molecule has 0 bridgehead atoms. The van der Waals surface area contributed by atoms with E-state index in [4.69, 9.17) is 18.9 Å². The van der Waals surface area contributed by atoms with Crippen molar-refractivity contribution in [2.45, 2.75) is 50.8 Å². The van der Waals surface area contributed by atoms with Crippen molar-refractivity contribution in [3.63, 3.8) is 0 Å². The first kappa shape index (κ1) is 29.6. The number of aliphatic hydroxyl groups excluding tert-OH is 2. The summed E-state index contributed by atoms with van der Waals surface area (Å²) in [4.78, 5) is 0. The van der Waals surface area contributed by atoms with Gasteiger partial charge in [0, 0.05) is 0 Å². The molecule has 0 radical (unpaired) electrons. The quantitative estimate of drug-likeness (QED) is 0.188. The summed E-state index contributed by atoms with van der Waals surface area (Å²) in [5.41, 5.74) is 3.91. The molecule has 0 fully saturated rings. The van der Waals surface area contributed by atoms with Crippen LogP contribution in [0.25, 0.3) is 0 Å². The highest BCUT2D eigenvalue weighted by Crippen LogP contribution is 2.18. The lowest BCUT2D eigenvalue weighted by molar-refractivity contribution is -0.176. The minimum atomic E-state index is -1.18. The van der Waals surface area contributed by atoms with Crippen LogP contribution >= 0.6 is 0 Å². The summed E-state index contributed by atoms with van der Waals surface area (Å²) in [5, 5.41) is 22.7. The van der Waals surface area contributed by atoms with Crippen molar-refractivity contribution in [1.29, 1.82) is 0 Å². The first-order valence-electron chi connectivity index (χ1n) is 13.6. The van der Waals surface area contributed by atoms with Crippen molar-refractivity contribution >= 4 is 0 Å². The van der Waals surface area contributed by atoms with Gasteiger partial charge in [-0.05, 0) is 22.3 Å². The van der Waals surface area contributed by atoms with Crippen molar-refractivity contribution in [3.05, 3.63) is 144 Å². The van der Waals surface area contributed by atoms with Crippen LogP contribution in [0.4, 0.5) is 0 Å². The van der Waals surface area contributed by atoms with Gasteiger partial charge in [0.2, 0.25) is 0 Å². The van der Waals surface area contributed by atoms with Gasteiger partial charge in [0.1, 0.15) is 24.4 Å². The normalized spacial score (nSPS) is 14.3. The second-order valence-electron chi connectivity index (χ2n) is 9.66. The second kappa shape index (κ2) is 16.7. The molecule has 0 spiro atoms. The number of benzene rings is 4. The van der Waals surface area contributed by atoms with E-state index in [-0.39, 0.29) is 26.4 Å². The molecule has 6 nitrogen and oxygen atoms in total. The third-order valence-corrected chi connectivity index (χ3v) is 6.48. The third-order valence-electron chi connectivity index (χ3n) is 6.48.